The van der Waals surface area contributed by atoms with Crippen molar-refractivity contribution in [2.24, 2.45) is 0 Å². The van der Waals surface area contributed by atoms with Gasteiger partial charge in [0.05, 0.1) is 0 Å². The Kier molecular flexibility index (Phi) is 4.87. The molecule has 0 bridgehead atoms. The number of amides is 1. The van der Waals surface area contributed by atoms with E-state index in [1.165, 1.54) is 6.08 Å². The molecule has 3 N–H and O–H groups in total. The SMILES string of the molecule is C=CCOC(=O)NC(C(=O)O)c1ccc(O)cc1F. The van der Waals surface area contributed by atoms with E-state index in [1.807, 2.05) is 5.32 Å². The van der Waals surface area contributed by atoms with Crippen molar-refractivity contribution in [3.63, 3.8) is 0 Å². The lowest BCUT2D eigenvalue weighted by atomic mass is 10.1. The van der Waals surface area contributed by atoms with Gasteiger partial charge in [-0.3, -0.25) is 0 Å². The fourth-order valence-corrected chi connectivity index (χ4v) is 1.32. The molecule has 102 valence electrons. The maximum atomic E-state index is 13.5. The van der Waals surface area contributed by atoms with Crippen LogP contribution >= 0.6 is 0 Å². The summed E-state index contributed by atoms with van der Waals surface area (Å²) in [7, 11) is 0. The molecule has 1 atom stereocenters. The summed E-state index contributed by atoms with van der Waals surface area (Å²) in [5.41, 5.74) is -0.291. The Hall–Kier alpha value is -2.57. The number of aliphatic carboxylic acids is 1. The zero-order valence-electron chi connectivity index (χ0n) is 9.80. The number of carbonyl (C=O) groups is 2. The number of carboxylic acid groups (broad SMARTS) is 1. The van der Waals surface area contributed by atoms with Crippen LogP contribution in [0.1, 0.15) is 11.6 Å². The number of rotatable bonds is 5. The highest BCUT2D eigenvalue weighted by Gasteiger charge is 2.25. The minimum absolute atomic E-state index is 0.101. The number of alkyl carbamates (subject to hydrolysis) is 1. The quantitative estimate of drug-likeness (QED) is 0.705. The number of aromatic hydroxyl groups is 1. The second kappa shape index (κ2) is 6.39. The highest BCUT2D eigenvalue weighted by Crippen LogP contribution is 2.21. The number of halogens is 1. The van der Waals surface area contributed by atoms with Crippen LogP contribution < -0.4 is 5.32 Å². The van der Waals surface area contributed by atoms with Crippen molar-refractivity contribution in [2.75, 3.05) is 6.61 Å². The van der Waals surface area contributed by atoms with E-state index in [9.17, 15) is 14.0 Å². The molecular formula is C12H12FNO5. The van der Waals surface area contributed by atoms with Crippen LogP contribution in [-0.4, -0.2) is 28.9 Å². The summed E-state index contributed by atoms with van der Waals surface area (Å²) in [5, 5.41) is 20.0. The molecule has 1 unspecified atom stereocenters. The standard InChI is InChI=1S/C12H12FNO5/c1-2-5-19-12(18)14-10(11(16)17)8-4-3-7(15)6-9(8)13/h2-4,6,10,15H,1,5H2,(H,14,18)(H,16,17). The van der Waals surface area contributed by atoms with Crippen molar-refractivity contribution in [2.45, 2.75) is 6.04 Å². The van der Waals surface area contributed by atoms with Crippen LogP contribution in [0.4, 0.5) is 9.18 Å². The van der Waals surface area contributed by atoms with E-state index in [-0.39, 0.29) is 17.9 Å². The molecule has 1 rings (SSSR count). The van der Waals surface area contributed by atoms with Crippen molar-refractivity contribution >= 4 is 12.1 Å². The van der Waals surface area contributed by atoms with Gasteiger partial charge in [0.25, 0.3) is 0 Å². The van der Waals surface area contributed by atoms with Crippen LogP contribution in [0.25, 0.3) is 0 Å². The molecular weight excluding hydrogens is 257 g/mol. The number of phenolic OH excluding ortho intramolecular Hbond substituents is 1. The summed E-state index contributed by atoms with van der Waals surface area (Å²) in [6.07, 6.45) is 0.288. The monoisotopic (exact) mass is 269 g/mol. The van der Waals surface area contributed by atoms with Crippen LogP contribution in [0.3, 0.4) is 0 Å². The molecule has 0 spiro atoms. The van der Waals surface area contributed by atoms with Gasteiger partial charge in [-0.15, -0.1) is 0 Å². The number of carbonyl (C=O) groups excluding carboxylic acids is 1. The number of ether oxygens (including phenoxy) is 1. The molecule has 1 aromatic rings. The van der Waals surface area contributed by atoms with Gasteiger partial charge in [-0.1, -0.05) is 12.7 Å². The van der Waals surface area contributed by atoms with E-state index in [0.717, 1.165) is 18.2 Å². The minimum Gasteiger partial charge on any atom is -0.508 e. The lowest BCUT2D eigenvalue weighted by Gasteiger charge is -2.15. The average molecular weight is 269 g/mol. The van der Waals surface area contributed by atoms with E-state index < -0.39 is 23.9 Å². The first kappa shape index (κ1) is 14.5. The van der Waals surface area contributed by atoms with Gasteiger partial charge in [0.2, 0.25) is 0 Å². The van der Waals surface area contributed by atoms with E-state index in [1.54, 1.807) is 0 Å². The Labute approximate surface area is 108 Å². The van der Waals surface area contributed by atoms with Gasteiger partial charge in [0.15, 0.2) is 6.04 Å². The molecule has 1 amide bonds. The lowest BCUT2D eigenvalue weighted by Crippen LogP contribution is -2.34. The molecule has 0 radical (unpaired) electrons. The Balaban J connectivity index is 2.91. The van der Waals surface area contributed by atoms with Gasteiger partial charge in [0.1, 0.15) is 18.2 Å². The maximum absolute atomic E-state index is 13.5. The Morgan fingerprint density at radius 3 is 2.74 bits per heavy atom. The van der Waals surface area contributed by atoms with Gasteiger partial charge < -0.3 is 20.3 Å². The van der Waals surface area contributed by atoms with Crippen LogP contribution in [0.15, 0.2) is 30.9 Å². The van der Waals surface area contributed by atoms with Gasteiger partial charge in [-0.2, -0.15) is 0 Å². The predicted octanol–water partition coefficient (Wildman–Crippen LogP) is 1.57. The summed E-state index contributed by atoms with van der Waals surface area (Å²) < 4.78 is 18.1. The summed E-state index contributed by atoms with van der Waals surface area (Å²) in [6.45, 7) is 3.22. The third-order valence-corrected chi connectivity index (χ3v) is 2.14. The van der Waals surface area contributed by atoms with Crippen LogP contribution in [0.2, 0.25) is 0 Å². The number of phenols is 1. The van der Waals surface area contributed by atoms with Gasteiger partial charge >= 0.3 is 12.1 Å². The number of benzene rings is 1. The van der Waals surface area contributed by atoms with Crippen LogP contribution in [0.5, 0.6) is 5.75 Å². The number of hydrogen-bond donors (Lipinski definition) is 3. The third-order valence-electron chi connectivity index (χ3n) is 2.14. The second-order valence-corrected chi connectivity index (χ2v) is 3.51. The van der Waals surface area contributed by atoms with Crippen molar-refractivity contribution < 1.29 is 28.9 Å². The first-order chi connectivity index (χ1) is 8.95. The first-order valence-electron chi connectivity index (χ1n) is 5.21. The smallest absolute Gasteiger partial charge is 0.408 e. The molecule has 1 aromatic carbocycles. The summed E-state index contributed by atoms with van der Waals surface area (Å²) in [4.78, 5) is 22.3. The number of nitrogens with one attached hydrogen (secondary N) is 1. The minimum atomic E-state index is -1.61. The highest BCUT2D eigenvalue weighted by molar-refractivity contribution is 5.81. The number of carboxylic acids is 1. The lowest BCUT2D eigenvalue weighted by molar-refractivity contribution is -0.139. The Bertz CT molecular complexity index is 503. The molecule has 0 aliphatic heterocycles. The fraction of sp³-hybridized carbons (Fsp3) is 0.167. The largest absolute Gasteiger partial charge is 0.508 e. The van der Waals surface area contributed by atoms with Crippen LogP contribution in [0, 0.1) is 5.82 Å². The maximum Gasteiger partial charge on any atom is 0.408 e. The zero-order chi connectivity index (χ0) is 14.4. The van der Waals surface area contributed by atoms with Crippen molar-refractivity contribution in [3.05, 3.63) is 42.2 Å². The average Bonchev–Trinajstić information content (AvgIpc) is 2.34. The molecule has 0 fully saturated rings. The van der Waals surface area contributed by atoms with Gasteiger partial charge in [0, 0.05) is 11.6 Å². The molecule has 0 saturated heterocycles. The predicted molar refractivity (Wildman–Crippen MR) is 63.1 cm³/mol. The second-order valence-electron chi connectivity index (χ2n) is 3.51. The Morgan fingerprint density at radius 1 is 1.53 bits per heavy atom. The molecule has 19 heavy (non-hydrogen) atoms. The summed E-state index contributed by atoms with van der Waals surface area (Å²) in [5.74, 6) is -2.75. The zero-order valence-corrected chi connectivity index (χ0v) is 9.80. The number of hydrogen-bond acceptors (Lipinski definition) is 4. The van der Waals surface area contributed by atoms with Crippen LogP contribution in [-0.2, 0) is 9.53 Å². The first-order valence-corrected chi connectivity index (χ1v) is 5.21. The molecule has 0 aliphatic carbocycles. The normalized spacial score (nSPS) is 11.4. The molecule has 0 aliphatic rings. The highest BCUT2D eigenvalue weighted by atomic mass is 19.1. The van der Waals surface area contributed by atoms with E-state index in [2.05, 4.69) is 11.3 Å². The summed E-state index contributed by atoms with van der Waals surface area (Å²) in [6, 6.07) is 1.32. The molecule has 0 aromatic heterocycles. The van der Waals surface area contributed by atoms with E-state index >= 15 is 0 Å². The van der Waals surface area contributed by atoms with E-state index in [0.29, 0.717) is 0 Å². The molecule has 0 heterocycles. The third kappa shape index (κ3) is 3.98. The molecule has 7 heteroatoms. The Morgan fingerprint density at radius 2 is 2.21 bits per heavy atom. The molecule has 6 nitrogen and oxygen atoms in total. The summed E-state index contributed by atoms with van der Waals surface area (Å²) >= 11 is 0. The molecule has 0 saturated carbocycles. The van der Waals surface area contributed by atoms with Gasteiger partial charge in [-0.05, 0) is 12.1 Å². The van der Waals surface area contributed by atoms with Crippen molar-refractivity contribution in [1.82, 2.24) is 5.32 Å². The van der Waals surface area contributed by atoms with Crippen molar-refractivity contribution in [1.29, 1.82) is 0 Å². The fourth-order valence-electron chi connectivity index (χ4n) is 1.32. The van der Waals surface area contributed by atoms with Gasteiger partial charge in [-0.25, -0.2) is 14.0 Å². The van der Waals surface area contributed by atoms with E-state index in [4.69, 9.17) is 10.2 Å². The van der Waals surface area contributed by atoms with Crippen molar-refractivity contribution in [3.8, 4) is 5.75 Å². The topological polar surface area (TPSA) is 95.9 Å².